The molecule has 140 valence electrons. The molecule has 0 spiro atoms. The highest BCUT2D eigenvalue weighted by molar-refractivity contribution is 7.53. The number of carbonyl (C=O) groups excluding carboxylic acids is 1. The summed E-state index contributed by atoms with van der Waals surface area (Å²) in [6.45, 7) is 1.82. The van der Waals surface area contributed by atoms with E-state index in [0.29, 0.717) is 30.7 Å². The van der Waals surface area contributed by atoms with E-state index in [0.717, 1.165) is 5.56 Å². The van der Waals surface area contributed by atoms with E-state index in [1.165, 1.54) is 6.07 Å². The summed E-state index contributed by atoms with van der Waals surface area (Å²) in [5, 5.41) is 12.3. The number of para-hydroxylation sites is 3. The second-order valence-corrected chi connectivity index (χ2v) is 8.00. The fraction of sp³-hybridized carbons (Fsp3) is 0.316. The highest BCUT2D eigenvalue weighted by atomic mass is 31.2. The third kappa shape index (κ3) is 6.54. The number of anilines is 1. The predicted octanol–water partition coefficient (Wildman–Crippen LogP) is 4.46. The van der Waals surface area contributed by atoms with Crippen LogP contribution in [-0.4, -0.2) is 22.1 Å². The van der Waals surface area contributed by atoms with Crippen molar-refractivity contribution < 1.29 is 23.9 Å². The minimum Gasteiger partial charge on any atom is -0.506 e. The summed E-state index contributed by atoms with van der Waals surface area (Å²) in [6, 6.07) is 13.6. The van der Waals surface area contributed by atoms with Crippen molar-refractivity contribution in [3.8, 4) is 11.5 Å². The van der Waals surface area contributed by atoms with Crippen molar-refractivity contribution in [2.45, 2.75) is 32.6 Å². The van der Waals surface area contributed by atoms with E-state index in [4.69, 9.17) is 4.52 Å². The number of hydrogen-bond acceptors (Lipinski definition) is 4. The number of unbranched alkanes of at least 4 members (excludes halogenated alkanes) is 2. The van der Waals surface area contributed by atoms with Crippen molar-refractivity contribution in [3.63, 3.8) is 0 Å². The van der Waals surface area contributed by atoms with Crippen LogP contribution >= 0.6 is 7.60 Å². The van der Waals surface area contributed by atoms with Gasteiger partial charge in [0.1, 0.15) is 11.5 Å². The minimum absolute atomic E-state index is 0.0235. The van der Waals surface area contributed by atoms with Crippen molar-refractivity contribution in [2.24, 2.45) is 0 Å². The van der Waals surface area contributed by atoms with Crippen molar-refractivity contribution in [2.75, 3.05) is 11.5 Å². The number of phenolic OH excluding ortho intramolecular Hbond substituents is 1. The lowest BCUT2D eigenvalue weighted by atomic mass is 10.2. The largest absolute Gasteiger partial charge is 0.506 e. The van der Waals surface area contributed by atoms with Crippen LogP contribution in [0.3, 0.4) is 0 Å². The number of hydrogen-bond donors (Lipinski definition) is 3. The Morgan fingerprint density at radius 1 is 1.08 bits per heavy atom. The zero-order chi connectivity index (χ0) is 19.0. The van der Waals surface area contributed by atoms with Gasteiger partial charge in [-0.05, 0) is 43.5 Å². The Morgan fingerprint density at radius 3 is 2.50 bits per heavy atom. The molecule has 0 radical (unpaired) electrons. The Balaban J connectivity index is 1.68. The number of rotatable bonds is 9. The normalized spacial score (nSPS) is 13.0. The number of carbonyl (C=O) groups is 1. The molecule has 2 aromatic rings. The van der Waals surface area contributed by atoms with Crippen LogP contribution in [0.5, 0.6) is 11.5 Å². The Labute approximate surface area is 153 Å². The lowest BCUT2D eigenvalue weighted by Crippen LogP contribution is -2.11. The molecule has 0 bridgehead atoms. The molecule has 1 unspecified atom stereocenters. The molecule has 3 N–H and O–H groups in total. The zero-order valence-corrected chi connectivity index (χ0v) is 15.6. The van der Waals surface area contributed by atoms with Crippen molar-refractivity contribution in [1.29, 1.82) is 0 Å². The molecule has 2 rings (SSSR count). The summed E-state index contributed by atoms with van der Waals surface area (Å²) in [7, 11) is -3.70. The van der Waals surface area contributed by atoms with Crippen LogP contribution in [0.4, 0.5) is 5.69 Å². The first-order valence-electron chi connectivity index (χ1n) is 8.52. The lowest BCUT2D eigenvalue weighted by Gasteiger charge is -2.14. The number of phenols is 1. The van der Waals surface area contributed by atoms with Gasteiger partial charge in [-0.15, -0.1) is 0 Å². The molecule has 2 aromatic carbocycles. The average molecular weight is 377 g/mol. The van der Waals surface area contributed by atoms with E-state index in [2.05, 4.69) is 5.32 Å². The Morgan fingerprint density at radius 2 is 1.77 bits per heavy atom. The van der Waals surface area contributed by atoms with E-state index in [-0.39, 0.29) is 24.2 Å². The highest BCUT2D eigenvalue weighted by Gasteiger charge is 2.21. The maximum Gasteiger partial charge on any atom is 0.376 e. The van der Waals surface area contributed by atoms with E-state index < -0.39 is 7.60 Å². The zero-order valence-electron chi connectivity index (χ0n) is 14.7. The number of nitrogens with one attached hydrogen (secondary N) is 1. The first-order chi connectivity index (χ1) is 12.4. The van der Waals surface area contributed by atoms with Crippen molar-refractivity contribution in [3.05, 3.63) is 54.1 Å². The molecule has 1 amide bonds. The van der Waals surface area contributed by atoms with E-state index in [9.17, 15) is 19.4 Å². The van der Waals surface area contributed by atoms with Gasteiger partial charge in [0.15, 0.2) is 0 Å². The summed E-state index contributed by atoms with van der Waals surface area (Å²) in [5.41, 5.74) is 1.19. The van der Waals surface area contributed by atoms with E-state index in [1.807, 2.05) is 19.1 Å². The van der Waals surface area contributed by atoms with Crippen LogP contribution in [0.1, 0.15) is 31.2 Å². The van der Waals surface area contributed by atoms with Crippen LogP contribution in [0.2, 0.25) is 0 Å². The first kappa shape index (κ1) is 20.0. The van der Waals surface area contributed by atoms with Gasteiger partial charge >= 0.3 is 7.60 Å². The molecule has 7 heteroatoms. The summed E-state index contributed by atoms with van der Waals surface area (Å²) in [6.07, 6.45) is 2.04. The van der Waals surface area contributed by atoms with Crippen molar-refractivity contribution in [1.82, 2.24) is 0 Å². The molecule has 0 fully saturated rings. The van der Waals surface area contributed by atoms with Crippen LogP contribution < -0.4 is 9.84 Å². The van der Waals surface area contributed by atoms with Gasteiger partial charge in [-0.1, -0.05) is 36.8 Å². The first-order valence-corrected chi connectivity index (χ1v) is 10.3. The molecular formula is C19H24NO5P. The molecule has 0 heterocycles. The standard InChI is InChI=1S/C19H24NO5P/c1-15-9-4-7-12-18(15)25-26(23,24)14-8-2-3-13-19(22)20-16-10-5-6-11-17(16)21/h4-7,9-12,21H,2-3,8,13-14H2,1H3,(H,20,22)(H,23,24). The second-order valence-electron chi connectivity index (χ2n) is 6.09. The fourth-order valence-electron chi connectivity index (χ4n) is 2.42. The Hall–Kier alpha value is -2.30. The number of benzene rings is 2. The third-order valence-electron chi connectivity index (χ3n) is 3.86. The molecule has 0 aliphatic rings. The summed E-state index contributed by atoms with van der Waals surface area (Å²) in [4.78, 5) is 21.8. The minimum atomic E-state index is -3.70. The molecule has 0 aromatic heterocycles. The van der Waals surface area contributed by atoms with Gasteiger partial charge in [0.2, 0.25) is 5.91 Å². The lowest BCUT2D eigenvalue weighted by molar-refractivity contribution is -0.116. The number of aryl methyl sites for hydroxylation is 1. The smallest absolute Gasteiger partial charge is 0.376 e. The van der Waals surface area contributed by atoms with Gasteiger partial charge in [-0.2, -0.15) is 0 Å². The summed E-state index contributed by atoms with van der Waals surface area (Å²) >= 11 is 0. The monoisotopic (exact) mass is 377 g/mol. The van der Waals surface area contributed by atoms with E-state index in [1.54, 1.807) is 30.3 Å². The third-order valence-corrected chi connectivity index (χ3v) is 5.22. The molecule has 0 aliphatic carbocycles. The molecule has 26 heavy (non-hydrogen) atoms. The summed E-state index contributed by atoms with van der Waals surface area (Å²) < 4.78 is 17.4. The maximum absolute atomic E-state index is 12.1. The van der Waals surface area contributed by atoms with Gasteiger partial charge in [0.05, 0.1) is 11.8 Å². The topological polar surface area (TPSA) is 95.9 Å². The fourth-order valence-corrected chi connectivity index (χ4v) is 3.65. The summed E-state index contributed by atoms with van der Waals surface area (Å²) in [5.74, 6) is 0.241. The highest BCUT2D eigenvalue weighted by Crippen LogP contribution is 2.44. The van der Waals surface area contributed by atoms with Crippen LogP contribution in [0.25, 0.3) is 0 Å². The average Bonchev–Trinajstić information content (AvgIpc) is 2.58. The second kappa shape index (κ2) is 9.41. The molecule has 0 saturated carbocycles. The van der Waals surface area contributed by atoms with Gasteiger partial charge in [-0.25, -0.2) is 4.57 Å². The Kier molecular flexibility index (Phi) is 7.25. The van der Waals surface area contributed by atoms with Gasteiger partial charge < -0.3 is 19.8 Å². The number of aromatic hydroxyl groups is 1. The maximum atomic E-state index is 12.1. The van der Waals surface area contributed by atoms with Crippen LogP contribution in [-0.2, 0) is 9.36 Å². The molecular weight excluding hydrogens is 353 g/mol. The van der Waals surface area contributed by atoms with E-state index >= 15 is 0 Å². The van der Waals surface area contributed by atoms with Crippen LogP contribution in [0, 0.1) is 6.92 Å². The Bertz CT molecular complexity index is 793. The SMILES string of the molecule is Cc1ccccc1OP(=O)(O)CCCCCC(=O)Nc1ccccc1O. The molecule has 6 nitrogen and oxygen atoms in total. The molecule has 1 atom stereocenters. The van der Waals surface area contributed by atoms with Gasteiger partial charge in [0.25, 0.3) is 0 Å². The quantitative estimate of drug-likeness (QED) is 0.341. The van der Waals surface area contributed by atoms with Gasteiger partial charge in [-0.3, -0.25) is 4.79 Å². The van der Waals surface area contributed by atoms with Gasteiger partial charge in [0, 0.05) is 6.42 Å². The molecule has 0 aliphatic heterocycles. The number of amides is 1. The molecule has 0 saturated heterocycles. The van der Waals surface area contributed by atoms with Crippen molar-refractivity contribution >= 4 is 19.2 Å². The predicted molar refractivity (Wildman–Crippen MR) is 102 cm³/mol. The van der Waals surface area contributed by atoms with Crippen LogP contribution in [0.15, 0.2) is 48.5 Å².